The minimum absolute atomic E-state index is 0.0219. The van der Waals surface area contributed by atoms with Crippen molar-refractivity contribution >= 4 is 35.6 Å². The first kappa shape index (κ1) is 41.4. The molecular weight excluding hydrogens is 754 g/mol. The summed E-state index contributed by atoms with van der Waals surface area (Å²) in [7, 11) is 8.15. The molecule has 0 radical (unpaired) electrons. The molecule has 0 spiro atoms. The highest BCUT2D eigenvalue weighted by molar-refractivity contribution is 6.24. The SMILES string of the molecule is CNC(=O)N1CCc2c(-c3cc(OC)c(CN(C)CC(=O)NCCOCCOc4cccc5c4C(=O)N(C4CCC(=O)NC4=O)C5=O)c(OC)c3)cn(C)c(=O)c2C1. The van der Waals surface area contributed by atoms with Crippen molar-refractivity contribution in [3.05, 3.63) is 74.7 Å². The predicted octanol–water partition coefficient (Wildman–Crippen LogP) is 0.812. The number of piperidine rings is 1. The maximum absolute atomic E-state index is 13.2. The molecule has 2 aromatic carbocycles. The Kier molecular flexibility index (Phi) is 12.8. The number of methoxy groups -OCH3 is 2. The molecule has 1 atom stereocenters. The lowest BCUT2D eigenvalue weighted by molar-refractivity contribution is -0.136. The zero-order valence-electron chi connectivity index (χ0n) is 33.1. The predicted molar refractivity (Wildman–Crippen MR) is 208 cm³/mol. The summed E-state index contributed by atoms with van der Waals surface area (Å²) in [6, 6.07) is 7.07. The molecule has 1 fully saturated rings. The lowest BCUT2D eigenvalue weighted by Gasteiger charge is -2.30. The number of carbonyl (C=O) groups excluding carboxylic acids is 6. The van der Waals surface area contributed by atoms with Crippen molar-refractivity contribution in [2.24, 2.45) is 7.05 Å². The minimum Gasteiger partial charge on any atom is -0.496 e. The van der Waals surface area contributed by atoms with Gasteiger partial charge in [-0.25, -0.2) is 4.79 Å². The van der Waals surface area contributed by atoms with Gasteiger partial charge in [0.1, 0.15) is 29.9 Å². The van der Waals surface area contributed by atoms with E-state index in [1.165, 1.54) is 10.6 Å². The number of aromatic nitrogens is 1. The van der Waals surface area contributed by atoms with Gasteiger partial charge in [-0.1, -0.05) is 6.07 Å². The van der Waals surface area contributed by atoms with Crippen LogP contribution in [0.4, 0.5) is 4.79 Å². The first-order valence-corrected chi connectivity index (χ1v) is 18.8. The number of rotatable bonds is 15. The molecule has 6 rings (SSSR count). The van der Waals surface area contributed by atoms with Gasteiger partial charge in [-0.05, 0) is 55.3 Å². The van der Waals surface area contributed by atoms with E-state index in [1.807, 2.05) is 17.0 Å². The second kappa shape index (κ2) is 17.9. The van der Waals surface area contributed by atoms with Gasteiger partial charge in [0.05, 0.1) is 57.2 Å². The zero-order chi connectivity index (χ0) is 41.7. The van der Waals surface area contributed by atoms with E-state index in [1.54, 1.807) is 58.6 Å². The normalized spacial score (nSPS) is 16.2. The second-order valence-corrected chi connectivity index (χ2v) is 14.1. The Hall–Kier alpha value is -6.27. The largest absolute Gasteiger partial charge is 0.496 e. The van der Waals surface area contributed by atoms with Gasteiger partial charge in [-0.2, -0.15) is 0 Å². The van der Waals surface area contributed by atoms with Crippen LogP contribution in [0, 0.1) is 0 Å². The topological polar surface area (TPSA) is 207 Å². The number of urea groups is 1. The van der Waals surface area contributed by atoms with Gasteiger partial charge in [0.2, 0.25) is 17.7 Å². The number of nitrogens with zero attached hydrogens (tertiary/aromatic N) is 4. The number of hydrogen-bond acceptors (Lipinski definition) is 12. The molecule has 1 unspecified atom stereocenters. The average Bonchev–Trinajstić information content (AvgIpc) is 3.47. The van der Waals surface area contributed by atoms with E-state index < -0.39 is 29.7 Å². The van der Waals surface area contributed by atoms with Crippen LogP contribution in [0.5, 0.6) is 17.2 Å². The van der Waals surface area contributed by atoms with E-state index in [2.05, 4.69) is 16.0 Å². The van der Waals surface area contributed by atoms with Gasteiger partial charge >= 0.3 is 6.03 Å². The fourth-order valence-corrected chi connectivity index (χ4v) is 7.48. The number of fused-ring (bicyclic) bond motifs is 2. The van der Waals surface area contributed by atoms with Gasteiger partial charge in [0.25, 0.3) is 17.4 Å². The Morgan fingerprint density at radius 1 is 0.931 bits per heavy atom. The van der Waals surface area contributed by atoms with Gasteiger partial charge in [0.15, 0.2) is 0 Å². The first-order valence-electron chi connectivity index (χ1n) is 18.8. The average molecular weight is 802 g/mol. The molecule has 18 heteroatoms. The molecule has 3 aliphatic rings. The third-order valence-corrected chi connectivity index (χ3v) is 10.3. The summed E-state index contributed by atoms with van der Waals surface area (Å²) < 4.78 is 24.5. The van der Waals surface area contributed by atoms with Crippen LogP contribution in [0.15, 0.2) is 41.3 Å². The van der Waals surface area contributed by atoms with Crippen LogP contribution in [0.25, 0.3) is 11.1 Å². The number of imide groups is 2. The summed E-state index contributed by atoms with van der Waals surface area (Å²) in [5, 5.41) is 7.63. The number of amides is 7. The van der Waals surface area contributed by atoms with E-state index in [0.29, 0.717) is 36.6 Å². The molecule has 4 heterocycles. The molecule has 0 saturated carbocycles. The van der Waals surface area contributed by atoms with Crippen LogP contribution >= 0.6 is 0 Å². The number of nitrogens with one attached hydrogen (secondary N) is 3. The number of likely N-dealkylation sites (N-methyl/N-ethyl adjacent to an activating group) is 1. The van der Waals surface area contributed by atoms with Gasteiger partial charge in [-0.3, -0.25) is 43.9 Å². The summed E-state index contributed by atoms with van der Waals surface area (Å²) in [4.78, 5) is 92.8. The van der Waals surface area contributed by atoms with Crippen LogP contribution in [-0.2, 0) is 45.7 Å². The summed E-state index contributed by atoms with van der Waals surface area (Å²) >= 11 is 0. The second-order valence-electron chi connectivity index (χ2n) is 14.1. The Labute approximate surface area is 334 Å². The molecular formula is C40H47N7O11. The molecule has 58 heavy (non-hydrogen) atoms. The van der Waals surface area contributed by atoms with Crippen LogP contribution in [-0.4, -0.2) is 129 Å². The standard InChI is InChI=1S/C40H47N7O11/c1-41-40(54)46-13-11-24-26(20-45(3)37(51)27(24)21-46)23-17-31(55-4)28(32(18-23)56-5)19-44(2)22-34(49)42-12-14-57-15-16-58-30-8-6-7-25-35(30)39(53)47(38(25)52)29-9-10-33(48)43-36(29)50/h6-8,17-18,20,29H,9-16,19,21-22H2,1-5H3,(H,41,54)(H,42,49)(H,43,48,50). The number of pyridine rings is 1. The van der Waals surface area contributed by atoms with E-state index in [-0.39, 0.29) is 86.7 Å². The van der Waals surface area contributed by atoms with Crippen LogP contribution in [0.2, 0.25) is 0 Å². The highest BCUT2D eigenvalue weighted by atomic mass is 16.5. The number of hydrogen-bond donors (Lipinski definition) is 3. The molecule has 7 amide bonds. The fourth-order valence-electron chi connectivity index (χ4n) is 7.48. The first-order chi connectivity index (χ1) is 27.9. The molecule has 1 saturated heterocycles. The molecule has 0 aliphatic carbocycles. The van der Waals surface area contributed by atoms with Gasteiger partial charge in [0, 0.05) is 57.5 Å². The van der Waals surface area contributed by atoms with Crippen molar-refractivity contribution in [2.45, 2.75) is 38.4 Å². The van der Waals surface area contributed by atoms with Crippen molar-refractivity contribution in [3.63, 3.8) is 0 Å². The maximum Gasteiger partial charge on any atom is 0.317 e. The smallest absolute Gasteiger partial charge is 0.317 e. The molecule has 0 bridgehead atoms. The van der Waals surface area contributed by atoms with E-state index >= 15 is 0 Å². The van der Waals surface area contributed by atoms with Gasteiger partial charge < -0.3 is 39.0 Å². The van der Waals surface area contributed by atoms with E-state index in [9.17, 15) is 33.6 Å². The molecule has 1 aromatic heterocycles. The van der Waals surface area contributed by atoms with Crippen LogP contribution in [0.3, 0.4) is 0 Å². The summed E-state index contributed by atoms with van der Waals surface area (Å²) in [5.41, 5.74) is 3.81. The maximum atomic E-state index is 13.2. The number of carbonyl (C=O) groups is 6. The Balaban J connectivity index is 0.987. The monoisotopic (exact) mass is 801 g/mol. The van der Waals surface area contributed by atoms with Gasteiger partial charge in [-0.15, -0.1) is 0 Å². The van der Waals surface area contributed by atoms with E-state index in [0.717, 1.165) is 27.2 Å². The summed E-state index contributed by atoms with van der Waals surface area (Å²) in [6.07, 6.45) is 2.37. The fraction of sp³-hybridized carbons (Fsp3) is 0.425. The summed E-state index contributed by atoms with van der Waals surface area (Å²) in [5.74, 6) is -1.39. The highest BCUT2D eigenvalue weighted by Gasteiger charge is 2.46. The van der Waals surface area contributed by atoms with Crippen molar-refractivity contribution in [3.8, 4) is 28.4 Å². The Morgan fingerprint density at radius 2 is 1.67 bits per heavy atom. The lowest BCUT2D eigenvalue weighted by Crippen LogP contribution is -2.54. The third kappa shape index (κ3) is 8.52. The quantitative estimate of drug-likeness (QED) is 0.144. The van der Waals surface area contributed by atoms with Crippen molar-refractivity contribution in [1.29, 1.82) is 0 Å². The van der Waals surface area contributed by atoms with Crippen molar-refractivity contribution in [1.82, 2.24) is 35.2 Å². The molecule has 3 aliphatic heterocycles. The number of benzene rings is 2. The Bertz CT molecular complexity index is 2180. The Morgan fingerprint density at radius 3 is 2.36 bits per heavy atom. The minimum atomic E-state index is -1.08. The third-order valence-electron chi connectivity index (χ3n) is 10.3. The summed E-state index contributed by atoms with van der Waals surface area (Å²) in [6.45, 7) is 1.65. The highest BCUT2D eigenvalue weighted by Crippen LogP contribution is 2.38. The molecule has 3 aromatic rings. The van der Waals surface area contributed by atoms with E-state index in [4.69, 9.17) is 18.9 Å². The van der Waals surface area contributed by atoms with Crippen LogP contribution < -0.4 is 35.7 Å². The lowest BCUT2D eigenvalue weighted by atomic mass is 9.91. The van der Waals surface area contributed by atoms with Crippen molar-refractivity contribution in [2.75, 3.05) is 67.8 Å². The van der Waals surface area contributed by atoms with Crippen LogP contribution in [0.1, 0.15) is 50.2 Å². The van der Waals surface area contributed by atoms with Crippen molar-refractivity contribution < 1.29 is 47.7 Å². The molecule has 3 N–H and O–H groups in total. The zero-order valence-corrected chi connectivity index (χ0v) is 33.1. The molecule has 18 nitrogen and oxygen atoms in total. The molecule has 308 valence electrons. The number of ether oxygens (including phenoxy) is 4. The number of aryl methyl sites for hydroxylation is 1.